The number of Topliss-reactive ketones (excluding diaryl/α,β-unsaturated/α-hetero) is 2. The van der Waals surface area contributed by atoms with Gasteiger partial charge in [0.25, 0.3) is 5.91 Å². The highest BCUT2D eigenvalue weighted by Gasteiger charge is 2.38. The van der Waals surface area contributed by atoms with E-state index in [1.54, 1.807) is 37.3 Å². The van der Waals surface area contributed by atoms with Crippen LogP contribution < -0.4 is 10.6 Å². The first-order chi connectivity index (χ1) is 18.0. The lowest BCUT2D eigenvalue weighted by Crippen LogP contribution is -2.55. The highest BCUT2D eigenvalue weighted by atomic mass is 32.1. The maximum absolute atomic E-state index is 13.3. The molecule has 2 amide bonds. The summed E-state index contributed by atoms with van der Waals surface area (Å²) in [6.07, 6.45) is 1.17. The zero-order valence-corrected chi connectivity index (χ0v) is 22.7. The number of rotatable bonds is 16. The Hall–Kier alpha value is -3.03. The van der Waals surface area contributed by atoms with Gasteiger partial charge >= 0.3 is 0 Å². The average molecular weight is 550 g/mol. The minimum atomic E-state index is -2.08. The largest absolute Gasteiger partial charge is 0.393 e. The number of methoxy groups -OCH3 is 2. The Labute approximate surface area is 225 Å². The first kappa shape index (κ1) is 31.2. The molecule has 12 heteroatoms. The molecule has 0 aliphatic heterocycles. The number of carbonyl (C=O) groups is 4. The summed E-state index contributed by atoms with van der Waals surface area (Å²) in [5.41, 5.74) is -1.36. The molecule has 208 valence electrons. The molecule has 1 aromatic carbocycles. The molecule has 38 heavy (non-hydrogen) atoms. The topological polar surface area (TPSA) is 164 Å². The SMILES string of the molecule is COC[C@H](CC(=O)[C@H](COC)NC(=O)c1cnc(C)s1)C(=O)N[C@@H](Cc1ccccc1)C(=O)[C@](C)(O)CO. The van der Waals surface area contributed by atoms with Crippen LogP contribution >= 0.6 is 11.3 Å². The molecule has 0 radical (unpaired) electrons. The number of amides is 2. The van der Waals surface area contributed by atoms with E-state index in [1.807, 2.05) is 0 Å². The second kappa shape index (κ2) is 14.8. The summed E-state index contributed by atoms with van der Waals surface area (Å²) in [7, 11) is 2.75. The molecule has 0 aliphatic carbocycles. The molecule has 0 aliphatic rings. The number of carbonyl (C=O) groups excluding carboxylic acids is 4. The number of benzene rings is 1. The number of nitrogens with one attached hydrogen (secondary N) is 2. The van der Waals surface area contributed by atoms with Gasteiger partial charge in [-0.25, -0.2) is 4.98 Å². The number of ketones is 2. The number of hydrogen-bond donors (Lipinski definition) is 4. The zero-order chi connectivity index (χ0) is 28.3. The van der Waals surface area contributed by atoms with Crippen LogP contribution in [0.4, 0.5) is 0 Å². The highest BCUT2D eigenvalue weighted by molar-refractivity contribution is 7.13. The van der Waals surface area contributed by atoms with E-state index < -0.39 is 53.6 Å². The van der Waals surface area contributed by atoms with Crippen molar-refractivity contribution in [1.29, 1.82) is 0 Å². The molecular formula is C26H35N3O8S. The van der Waals surface area contributed by atoms with Crippen molar-refractivity contribution >= 4 is 34.7 Å². The summed E-state index contributed by atoms with van der Waals surface area (Å²) < 4.78 is 10.3. The van der Waals surface area contributed by atoms with Crippen molar-refractivity contribution in [2.75, 3.05) is 34.0 Å². The van der Waals surface area contributed by atoms with E-state index in [4.69, 9.17) is 9.47 Å². The number of aliphatic hydroxyl groups is 2. The van der Waals surface area contributed by atoms with Gasteiger partial charge in [-0.05, 0) is 25.8 Å². The second-order valence-corrected chi connectivity index (χ2v) is 10.3. The van der Waals surface area contributed by atoms with Gasteiger partial charge in [0.15, 0.2) is 11.6 Å². The van der Waals surface area contributed by atoms with Gasteiger partial charge in [0.1, 0.15) is 16.5 Å². The standard InChI is InChI=1S/C26H35N3O8S/c1-16-27-12-22(38-16)25(34)29-20(14-37-4)21(31)11-18(13-36-3)24(33)28-19(23(32)26(2,35)15-30)10-17-8-6-5-7-9-17/h5-9,12,18-20,30,35H,10-11,13-15H2,1-4H3,(H,28,33)(H,29,34)/t18-,19-,20-,26+/m0/s1. The molecule has 0 saturated carbocycles. The van der Waals surface area contributed by atoms with Crippen LogP contribution in [0, 0.1) is 12.8 Å². The van der Waals surface area contributed by atoms with Gasteiger partial charge in [-0.2, -0.15) is 0 Å². The van der Waals surface area contributed by atoms with Crippen LogP contribution in [-0.4, -0.2) is 90.3 Å². The molecule has 4 atom stereocenters. The van der Waals surface area contributed by atoms with E-state index in [9.17, 15) is 29.4 Å². The first-order valence-corrected chi connectivity index (χ1v) is 12.8. The fraction of sp³-hybridized carbons (Fsp3) is 0.500. The van der Waals surface area contributed by atoms with Crippen LogP contribution in [0.3, 0.4) is 0 Å². The number of aromatic nitrogens is 1. The third kappa shape index (κ3) is 9.07. The second-order valence-electron chi connectivity index (χ2n) is 9.09. The summed E-state index contributed by atoms with van der Waals surface area (Å²) in [5, 5.41) is 25.8. The lowest BCUT2D eigenvalue weighted by molar-refractivity contribution is -0.144. The number of hydrogen-bond acceptors (Lipinski definition) is 10. The van der Waals surface area contributed by atoms with E-state index in [0.29, 0.717) is 9.88 Å². The molecule has 0 fully saturated rings. The summed E-state index contributed by atoms with van der Waals surface area (Å²) >= 11 is 1.18. The van der Waals surface area contributed by atoms with Crippen molar-refractivity contribution in [3.05, 3.63) is 52.0 Å². The van der Waals surface area contributed by atoms with E-state index in [-0.39, 0.29) is 26.1 Å². The molecule has 0 bridgehead atoms. The average Bonchev–Trinajstić information content (AvgIpc) is 3.34. The van der Waals surface area contributed by atoms with Crippen molar-refractivity contribution in [3.8, 4) is 0 Å². The van der Waals surface area contributed by atoms with Gasteiger partial charge < -0.3 is 30.3 Å². The Balaban J connectivity index is 2.18. The predicted octanol–water partition coefficient (Wildman–Crippen LogP) is 0.458. The zero-order valence-electron chi connectivity index (χ0n) is 21.9. The van der Waals surface area contributed by atoms with Crippen LogP contribution in [0.1, 0.15) is 33.6 Å². The first-order valence-electron chi connectivity index (χ1n) is 12.0. The van der Waals surface area contributed by atoms with Crippen molar-refractivity contribution in [2.24, 2.45) is 5.92 Å². The van der Waals surface area contributed by atoms with Crippen molar-refractivity contribution in [1.82, 2.24) is 15.6 Å². The lowest BCUT2D eigenvalue weighted by Gasteiger charge is -2.28. The maximum Gasteiger partial charge on any atom is 0.263 e. The van der Waals surface area contributed by atoms with Crippen LogP contribution in [0.2, 0.25) is 0 Å². The van der Waals surface area contributed by atoms with Gasteiger partial charge in [-0.1, -0.05) is 30.3 Å². The highest BCUT2D eigenvalue weighted by Crippen LogP contribution is 2.16. The van der Waals surface area contributed by atoms with Crippen molar-refractivity contribution in [3.63, 3.8) is 0 Å². The van der Waals surface area contributed by atoms with Crippen LogP contribution in [0.5, 0.6) is 0 Å². The summed E-state index contributed by atoms with van der Waals surface area (Å²) in [4.78, 5) is 56.3. The van der Waals surface area contributed by atoms with Crippen molar-refractivity contribution in [2.45, 2.75) is 44.4 Å². The lowest BCUT2D eigenvalue weighted by atomic mass is 9.90. The normalized spacial score (nSPS) is 15.1. The van der Waals surface area contributed by atoms with E-state index in [0.717, 1.165) is 12.5 Å². The van der Waals surface area contributed by atoms with Gasteiger partial charge in [0.2, 0.25) is 5.91 Å². The Bertz CT molecular complexity index is 1090. The maximum atomic E-state index is 13.3. The Kier molecular flexibility index (Phi) is 12.1. The number of nitrogens with zero attached hydrogens (tertiary/aromatic N) is 1. The molecular weight excluding hydrogens is 514 g/mol. The smallest absolute Gasteiger partial charge is 0.263 e. The van der Waals surface area contributed by atoms with E-state index in [2.05, 4.69) is 15.6 Å². The van der Waals surface area contributed by atoms with Crippen LogP contribution in [-0.2, 0) is 30.3 Å². The quantitative estimate of drug-likeness (QED) is 0.233. The summed E-state index contributed by atoms with van der Waals surface area (Å²) in [6, 6.07) is 6.66. The third-order valence-corrected chi connectivity index (χ3v) is 6.72. The number of aryl methyl sites for hydroxylation is 1. The third-order valence-electron chi connectivity index (χ3n) is 5.81. The fourth-order valence-electron chi connectivity index (χ4n) is 3.69. The van der Waals surface area contributed by atoms with Gasteiger partial charge in [-0.15, -0.1) is 11.3 Å². The van der Waals surface area contributed by atoms with Gasteiger partial charge in [0.05, 0.1) is 43.0 Å². The van der Waals surface area contributed by atoms with Crippen LogP contribution in [0.25, 0.3) is 0 Å². The molecule has 0 saturated heterocycles. The molecule has 0 unspecified atom stereocenters. The molecule has 1 heterocycles. The Morgan fingerprint density at radius 1 is 1.05 bits per heavy atom. The molecule has 2 rings (SSSR count). The molecule has 2 aromatic rings. The fourth-order valence-corrected chi connectivity index (χ4v) is 4.37. The van der Waals surface area contributed by atoms with E-state index >= 15 is 0 Å². The molecule has 0 spiro atoms. The van der Waals surface area contributed by atoms with Crippen molar-refractivity contribution < 1.29 is 38.9 Å². The summed E-state index contributed by atoms with van der Waals surface area (Å²) in [5.74, 6) is -3.38. The molecule has 1 aromatic heterocycles. The molecule has 4 N–H and O–H groups in total. The number of aliphatic hydroxyl groups excluding tert-OH is 1. The number of ether oxygens (including phenoxy) is 2. The minimum absolute atomic E-state index is 0.0613. The number of thiazole rings is 1. The minimum Gasteiger partial charge on any atom is -0.393 e. The molecule has 11 nitrogen and oxygen atoms in total. The van der Waals surface area contributed by atoms with E-state index in [1.165, 1.54) is 31.8 Å². The van der Waals surface area contributed by atoms with Gasteiger partial charge in [-0.3, -0.25) is 19.2 Å². The Morgan fingerprint density at radius 3 is 2.26 bits per heavy atom. The predicted molar refractivity (Wildman–Crippen MR) is 140 cm³/mol. The monoisotopic (exact) mass is 549 g/mol. The summed E-state index contributed by atoms with van der Waals surface area (Å²) in [6.45, 7) is 1.84. The van der Waals surface area contributed by atoms with Gasteiger partial charge in [0, 0.05) is 20.6 Å². The van der Waals surface area contributed by atoms with Crippen LogP contribution in [0.15, 0.2) is 36.5 Å². The Morgan fingerprint density at radius 2 is 1.71 bits per heavy atom.